The Hall–Kier alpha value is -2.63. The third kappa shape index (κ3) is 5.22. The maximum Gasteiger partial charge on any atom is 0.274 e. The lowest BCUT2D eigenvalue weighted by Gasteiger charge is -2.14. The predicted octanol–water partition coefficient (Wildman–Crippen LogP) is 3.73. The highest BCUT2D eigenvalue weighted by Gasteiger charge is 2.12. The van der Waals surface area contributed by atoms with E-state index in [1.54, 1.807) is 12.1 Å². The Morgan fingerprint density at radius 3 is 2.79 bits per heavy atom. The van der Waals surface area contributed by atoms with E-state index in [0.717, 1.165) is 19.4 Å². The highest BCUT2D eigenvalue weighted by molar-refractivity contribution is 6.04. The van der Waals surface area contributed by atoms with Crippen LogP contribution in [0.25, 0.3) is 0 Å². The molecule has 0 aliphatic rings. The van der Waals surface area contributed by atoms with E-state index in [1.165, 1.54) is 6.33 Å². The lowest BCUT2D eigenvalue weighted by Crippen LogP contribution is -2.16. The average Bonchev–Trinajstić information content (AvgIpc) is 2.57. The maximum absolute atomic E-state index is 12.4. The molecule has 0 aliphatic heterocycles. The first-order valence-electron chi connectivity index (χ1n) is 8.23. The molecule has 1 aromatic heterocycles. The summed E-state index contributed by atoms with van der Waals surface area (Å²) in [4.78, 5) is 20.6. The van der Waals surface area contributed by atoms with Gasteiger partial charge in [0.25, 0.3) is 5.91 Å². The number of carbonyl (C=O) groups excluding carboxylic acids is 1. The second-order valence-electron chi connectivity index (χ2n) is 5.69. The molecule has 2 aromatic rings. The number of ether oxygens (including phenoxy) is 1. The molecule has 1 amide bonds. The zero-order chi connectivity index (χ0) is 17.4. The number of unbranched alkanes of at least 4 members (excludes halogenated alkanes) is 1. The molecule has 24 heavy (non-hydrogen) atoms. The van der Waals surface area contributed by atoms with Gasteiger partial charge in [0.1, 0.15) is 23.6 Å². The zero-order valence-electron chi connectivity index (χ0n) is 14.4. The first-order valence-corrected chi connectivity index (χ1v) is 8.23. The molecule has 1 heterocycles. The van der Waals surface area contributed by atoms with Crippen molar-refractivity contribution < 1.29 is 9.53 Å². The second kappa shape index (κ2) is 8.86. The molecule has 0 atom stereocenters. The lowest BCUT2D eigenvalue weighted by molar-refractivity contribution is 0.102. The van der Waals surface area contributed by atoms with E-state index >= 15 is 0 Å². The van der Waals surface area contributed by atoms with Crippen LogP contribution >= 0.6 is 0 Å². The third-order valence-electron chi connectivity index (χ3n) is 3.23. The first kappa shape index (κ1) is 17.7. The van der Waals surface area contributed by atoms with Crippen LogP contribution in [0.4, 0.5) is 11.5 Å². The van der Waals surface area contributed by atoms with Gasteiger partial charge in [-0.05, 0) is 32.4 Å². The number of hydrogen-bond acceptors (Lipinski definition) is 5. The van der Waals surface area contributed by atoms with Gasteiger partial charge in [-0.15, -0.1) is 0 Å². The lowest BCUT2D eigenvalue weighted by atomic mass is 10.2. The van der Waals surface area contributed by atoms with Crippen molar-refractivity contribution in [1.29, 1.82) is 0 Å². The largest absolute Gasteiger partial charge is 0.489 e. The summed E-state index contributed by atoms with van der Waals surface area (Å²) in [6.45, 7) is 6.82. The van der Waals surface area contributed by atoms with Gasteiger partial charge in [-0.2, -0.15) is 0 Å². The van der Waals surface area contributed by atoms with E-state index in [2.05, 4.69) is 27.5 Å². The van der Waals surface area contributed by atoms with E-state index < -0.39 is 0 Å². The van der Waals surface area contributed by atoms with Crippen LogP contribution in [0.1, 0.15) is 44.1 Å². The average molecular weight is 328 g/mol. The van der Waals surface area contributed by atoms with Crippen LogP contribution in [0.15, 0.2) is 36.7 Å². The van der Waals surface area contributed by atoms with Crippen LogP contribution in [0, 0.1) is 0 Å². The fourth-order valence-electron chi connectivity index (χ4n) is 2.08. The van der Waals surface area contributed by atoms with Crippen LogP contribution in [-0.2, 0) is 0 Å². The van der Waals surface area contributed by atoms with Gasteiger partial charge in [0.2, 0.25) is 0 Å². The number of benzene rings is 1. The fourth-order valence-corrected chi connectivity index (χ4v) is 2.08. The van der Waals surface area contributed by atoms with E-state index in [0.29, 0.717) is 22.9 Å². The summed E-state index contributed by atoms with van der Waals surface area (Å²) in [7, 11) is 0. The fraction of sp³-hybridized carbons (Fsp3) is 0.389. The SMILES string of the molecule is CCCCNc1cc(C(=O)Nc2ccccc2OC(C)C)ncn1. The minimum absolute atomic E-state index is 0.0245. The van der Waals surface area contributed by atoms with Gasteiger partial charge in [0.15, 0.2) is 0 Å². The van der Waals surface area contributed by atoms with Crippen molar-refractivity contribution in [2.24, 2.45) is 0 Å². The molecule has 0 bridgehead atoms. The molecule has 1 aromatic carbocycles. The van der Waals surface area contributed by atoms with E-state index in [9.17, 15) is 4.79 Å². The van der Waals surface area contributed by atoms with Crippen molar-refractivity contribution in [2.75, 3.05) is 17.2 Å². The molecule has 128 valence electrons. The van der Waals surface area contributed by atoms with E-state index in [1.807, 2.05) is 32.0 Å². The molecular formula is C18H24N4O2. The Balaban J connectivity index is 2.08. The van der Waals surface area contributed by atoms with Crippen molar-refractivity contribution in [1.82, 2.24) is 9.97 Å². The first-order chi connectivity index (χ1) is 11.6. The van der Waals surface area contributed by atoms with Gasteiger partial charge in [0.05, 0.1) is 11.8 Å². The molecule has 0 saturated carbocycles. The third-order valence-corrected chi connectivity index (χ3v) is 3.23. The Kier molecular flexibility index (Phi) is 6.54. The summed E-state index contributed by atoms with van der Waals surface area (Å²) in [6, 6.07) is 9.00. The Morgan fingerprint density at radius 1 is 1.25 bits per heavy atom. The second-order valence-corrected chi connectivity index (χ2v) is 5.69. The summed E-state index contributed by atoms with van der Waals surface area (Å²) in [5.74, 6) is 0.988. The highest BCUT2D eigenvalue weighted by atomic mass is 16.5. The minimum atomic E-state index is -0.296. The van der Waals surface area contributed by atoms with Gasteiger partial charge in [0, 0.05) is 12.6 Å². The van der Waals surface area contributed by atoms with Crippen LogP contribution in [-0.4, -0.2) is 28.5 Å². The van der Waals surface area contributed by atoms with Gasteiger partial charge in [-0.1, -0.05) is 25.5 Å². The van der Waals surface area contributed by atoms with Crippen molar-refractivity contribution in [3.63, 3.8) is 0 Å². The molecule has 0 unspecified atom stereocenters. The molecule has 0 saturated heterocycles. The maximum atomic E-state index is 12.4. The molecule has 6 nitrogen and oxygen atoms in total. The molecule has 0 fully saturated rings. The Bertz CT molecular complexity index is 674. The number of aromatic nitrogens is 2. The van der Waals surface area contributed by atoms with Gasteiger partial charge < -0.3 is 15.4 Å². The summed E-state index contributed by atoms with van der Waals surface area (Å²) >= 11 is 0. The number of carbonyl (C=O) groups is 1. The standard InChI is InChI=1S/C18H24N4O2/c1-4-5-10-19-17-11-15(20-12-21-17)18(23)22-14-8-6-7-9-16(14)24-13(2)3/h6-9,11-13H,4-5,10H2,1-3H3,(H,22,23)(H,19,20,21). The van der Waals surface area contributed by atoms with Crippen molar-refractivity contribution in [3.05, 3.63) is 42.4 Å². The van der Waals surface area contributed by atoms with Crippen LogP contribution < -0.4 is 15.4 Å². The Labute approximate surface area is 142 Å². The van der Waals surface area contributed by atoms with Crippen LogP contribution in [0.2, 0.25) is 0 Å². The van der Waals surface area contributed by atoms with Gasteiger partial charge >= 0.3 is 0 Å². The van der Waals surface area contributed by atoms with Gasteiger partial charge in [-0.25, -0.2) is 9.97 Å². The summed E-state index contributed by atoms with van der Waals surface area (Å²) in [5.41, 5.74) is 0.929. The topological polar surface area (TPSA) is 76.1 Å². The molecule has 0 aliphatic carbocycles. The molecular weight excluding hydrogens is 304 g/mol. The predicted molar refractivity (Wildman–Crippen MR) is 95.6 cm³/mol. The van der Waals surface area contributed by atoms with Gasteiger partial charge in [-0.3, -0.25) is 4.79 Å². The molecule has 2 N–H and O–H groups in total. The smallest absolute Gasteiger partial charge is 0.274 e. The number of anilines is 2. The summed E-state index contributed by atoms with van der Waals surface area (Å²) in [6.07, 6.45) is 3.56. The number of hydrogen-bond donors (Lipinski definition) is 2. The van der Waals surface area contributed by atoms with Crippen LogP contribution in [0.5, 0.6) is 5.75 Å². The van der Waals surface area contributed by atoms with E-state index in [-0.39, 0.29) is 12.0 Å². The van der Waals surface area contributed by atoms with Crippen LogP contribution in [0.3, 0.4) is 0 Å². The molecule has 2 rings (SSSR count). The quantitative estimate of drug-likeness (QED) is 0.722. The number of nitrogens with one attached hydrogen (secondary N) is 2. The van der Waals surface area contributed by atoms with E-state index in [4.69, 9.17) is 4.74 Å². The summed E-state index contributed by atoms with van der Waals surface area (Å²) < 4.78 is 5.71. The minimum Gasteiger partial charge on any atom is -0.489 e. The highest BCUT2D eigenvalue weighted by Crippen LogP contribution is 2.25. The number of para-hydroxylation sites is 2. The van der Waals surface area contributed by atoms with Crippen molar-refractivity contribution in [2.45, 2.75) is 39.7 Å². The molecule has 0 radical (unpaired) electrons. The van der Waals surface area contributed by atoms with Crippen molar-refractivity contribution in [3.8, 4) is 5.75 Å². The Morgan fingerprint density at radius 2 is 2.04 bits per heavy atom. The number of amides is 1. The monoisotopic (exact) mass is 328 g/mol. The van der Waals surface area contributed by atoms with Crippen molar-refractivity contribution >= 4 is 17.4 Å². The number of rotatable bonds is 8. The normalized spacial score (nSPS) is 10.5. The zero-order valence-corrected chi connectivity index (χ0v) is 14.4. The number of nitrogens with zero attached hydrogens (tertiary/aromatic N) is 2. The molecule has 0 spiro atoms. The summed E-state index contributed by atoms with van der Waals surface area (Å²) in [5, 5.41) is 6.03. The molecule has 6 heteroatoms.